The summed E-state index contributed by atoms with van der Waals surface area (Å²) >= 11 is 1.70. The molecule has 0 amide bonds. The number of hydrogen-bond acceptors (Lipinski definition) is 6. The van der Waals surface area contributed by atoms with Crippen molar-refractivity contribution in [1.82, 2.24) is 4.98 Å². The largest absolute Gasteiger partial charge is 0.385 e. The van der Waals surface area contributed by atoms with Crippen LogP contribution in [0.15, 0.2) is 51.9 Å². The van der Waals surface area contributed by atoms with Crippen molar-refractivity contribution in [2.45, 2.75) is 38.2 Å². The first-order valence-corrected chi connectivity index (χ1v) is 11.2. The molecule has 0 bridgehead atoms. The van der Waals surface area contributed by atoms with Crippen LogP contribution in [0.5, 0.6) is 0 Å². The SMILES string of the molecule is CC1(O)CC(=O)CC2=C1C(C1CCN(c3nc(-c4ccccc4)cs3)CC1)=NC2. The molecule has 3 heterocycles. The van der Waals surface area contributed by atoms with Crippen molar-refractivity contribution in [1.29, 1.82) is 0 Å². The Morgan fingerprint density at radius 3 is 2.72 bits per heavy atom. The van der Waals surface area contributed by atoms with E-state index in [1.807, 2.05) is 18.2 Å². The highest BCUT2D eigenvalue weighted by molar-refractivity contribution is 7.14. The molecule has 3 aliphatic rings. The summed E-state index contributed by atoms with van der Waals surface area (Å²) < 4.78 is 0. The van der Waals surface area contributed by atoms with Gasteiger partial charge in [0.15, 0.2) is 5.13 Å². The minimum atomic E-state index is -1.06. The molecule has 1 aromatic heterocycles. The van der Waals surface area contributed by atoms with E-state index in [-0.39, 0.29) is 12.2 Å². The molecule has 1 aromatic carbocycles. The maximum Gasteiger partial charge on any atom is 0.185 e. The van der Waals surface area contributed by atoms with Crippen LogP contribution in [0.1, 0.15) is 32.6 Å². The number of nitrogens with zero attached hydrogens (tertiary/aromatic N) is 3. The number of benzene rings is 1. The van der Waals surface area contributed by atoms with Crippen LogP contribution >= 0.6 is 11.3 Å². The molecule has 1 fully saturated rings. The predicted octanol–water partition coefficient (Wildman–Crippen LogP) is 3.89. The maximum atomic E-state index is 12.0. The Balaban J connectivity index is 1.28. The summed E-state index contributed by atoms with van der Waals surface area (Å²) in [7, 11) is 0. The number of aliphatic hydroxyl groups is 1. The predicted molar refractivity (Wildman–Crippen MR) is 117 cm³/mol. The molecular formula is C23H25N3O2S. The van der Waals surface area contributed by atoms with Gasteiger partial charge in [0.1, 0.15) is 5.78 Å². The Bertz CT molecular complexity index is 998. The number of rotatable bonds is 3. The number of thiazole rings is 1. The lowest BCUT2D eigenvalue weighted by Crippen LogP contribution is -2.42. The van der Waals surface area contributed by atoms with Crippen LogP contribution in [0.2, 0.25) is 0 Å². The van der Waals surface area contributed by atoms with E-state index in [2.05, 4.69) is 22.4 Å². The number of aliphatic imine (C=N–C) groups is 1. The fourth-order valence-corrected chi connectivity index (χ4v) is 5.81. The summed E-state index contributed by atoms with van der Waals surface area (Å²) in [6.07, 6.45) is 2.67. The maximum absolute atomic E-state index is 12.0. The van der Waals surface area contributed by atoms with Gasteiger partial charge in [0, 0.05) is 54.1 Å². The quantitative estimate of drug-likeness (QED) is 0.838. The number of hydrogen-bond donors (Lipinski definition) is 1. The topological polar surface area (TPSA) is 65.8 Å². The number of anilines is 1. The van der Waals surface area contributed by atoms with Crippen LogP contribution in [0, 0.1) is 5.92 Å². The third kappa shape index (κ3) is 3.45. The molecule has 1 unspecified atom stereocenters. The molecule has 1 atom stereocenters. The second-order valence-electron chi connectivity index (χ2n) is 8.49. The zero-order valence-corrected chi connectivity index (χ0v) is 17.4. The minimum absolute atomic E-state index is 0.123. The third-order valence-corrected chi connectivity index (χ3v) is 7.16. The zero-order chi connectivity index (χ0) is 20.0. The molecule has 1 aliphatic carbocycles. The molecule has 150 valence electrons. The smallest absolute Gasteiger partial charge is 0.185 e. The van der Waals surface area contributed by atoms with Crippen LogP contribution in [0.3, 0.4) is 0 Å². The third-order valence-electron chi connectivity index (χ3n) is 6.25. The number of ketones is 1. The number of carbonyl (C=O) groups excluding carboxylic acids is 1. The van der Waals surface area contributed by atoms with Gasteiger partial charge in [-0.3, -0.25) is 9.79 Å². The van der Waals surface area contributed by atoms with Gasteiger partial charge in [0.2, 0.25) is 0 Å². The molecule has 1 N–H and O–H groups in total. The van der Waals surface area contributed by atoms with E-state index >= 15 is 0 Å². The molecule has 6 heteroatoms. The fraction of sp³-hybridized carbons (Fsp3) is 0.435. The molecule has 2 aromatic rings. The van der Waals surface area contributed by atoms with Gasteiger partial charge in [-0.1, -0.05) is 30.3 Å². The highest BCUT2D eigenvalue weighted by Gasteiger charge is 2.43. The summed E-state index contributed by atoms with van der Waals surface area (Å²) in [6.45, 7) is 4.24. The molecule has 29 heavy (non-hydrogen) atoms. The van der Waals surface area contributed by atoms with Crippen LogP contribution in [-0.4, -0.2) is 46.8 Å². The lowest BCUT2D eigenvalue weighted by molar-refractivity contribution is -0.122. The van der Waals surface area contributed by atoms with Crippen molar-refractivity contribution < 1.29 is 9.90 Å². The monoisotopic (exact) mass is 407 g/mol. The Kier molecular flexibility index (Phi) is 4.63. The van der Waals surface area contributed by atoms with Gasteiger partial charge in [-0.2, -0.15) is 0 Å². The van der Waals surface area contributed by atoms with Gasteiger partial charge in [-0.15, -0.1) is 11.3 Å². The molecule has 5 nitrogen and oxygen atoms in total. The van der Waals surface area contributed by atoms with E-state index in [0.717, 1.165) is 59.2 Å². The second kappa shape index (κ2) is 7.18. The Hall–Kier alpha value is -2.31. The van der Waals surface area contributed by atoms with Crippen molar-refractivity contribution in [2.75, 3.05) is 24.5 Å². The fourth-order valence-electron chi connectivity index (χ4n) is 4.92. The zero-order valence-electron chi connectivity index (χ0n) is 16.6. The van der Waals surface area contributed by atoms with E-state index in [9.17, 15) is 9.90 Å². The first kappa shape index (κ1) is 18.7. The highest BCUT2D eigenvalue weighted by atomic mass is 32.1. The normalized spacial score (nSPS) is 25.4. The van der Waals surface area contributed by atoms with Gasteiger partial charge in [0.25, 0.3) is 0 Å². The van der Waals surface area contributed by atoms with E-state index in [0.29, 0.717) is 18.9 Å². The van der Waals surface area contributed by atoms with Gasteiger partial charge >= 0.3 is 0 Å². The van der Waals surface area contributed by atoms with Crippen LogP contribution < -0.4 is 4.90 Å². The van der Waals surface area contributed by atoms with Crippen molar-refractivity contribution in [3.8, 4) is 11.3 Å². The summed E-state index contributed by atoms with van der Waals surface area (Å²) in [4.78, 5) is 23.9. The highest BCUT2D eigenvalue weighted by Crippen LogP contribution is 2.40. The van der Waals surface area contributed by atoms with Crippen molar-refractivity contribution in [3.63, 3.8) is 0 Å². The van der Waals surface area contributed by atoms with Crippen molar-refractivity contribution in [3.05, 3.63) is 46.9 Å². The summed E-state index contributed by atoms with van der Waals surface area (Å²) in [5.74, 6) is 0.477. The molecule has 0 saturated carbocycles. The van der Waals surface area contributed by atoms with E-state index < -0.39 is 5.60 Å². The van der Waals surface area contributed by atoms with Gasteiger partial charge in [-0.25, -0.2) is 4.98 Å². The van der Waals surface area contributed by atoms with Gasteiger partial charge in [0.05, 0.1) is 17.8 Å². The molecule has 1 saturated heterocycles. The number of aromatic nitrogens is 1. The van der Waals surface area contributed by atoms with E-state index in [1.165, 1.54) is 0 Å². The molecular weight excluding hydrogens is 382 g/mol. The van der Waals surface area contributed by atoms with Crippen LogP contribution in [0.25, 0.3) is 11.3 Å². The minimum Gasteiger partial charge on any atom is -0.385 e. The van der Waals surface area contributed by atoms with Gasteiger partial charge in [-0.05, 0) is 25.3 Å². The number of Topliss-reactive ketones (excluding diaryl/α,β-unsaturated/α-hetero) is 1. The average molecular weight is 408 g/mol. The molecule has 5 rings (SSSR count). The first-order valence-electron chi connectivity index (χ1n) is 10.3. The standard InChI is InChI=1S/C23H25N3O2S/c1-23(28)12-18(27)11-17-13-24-21(20(17)23)16-7-9-26(10-8-16)22-25-19(14-29-22)15-5-3-2-4-6-15/h2-6,14,16,28H,7-13H2,1H3. The van der Waals surface area contributed by atoms with E-state index in [1.54, 1.807) is 18.3 Å². The van der Waals surface area contributed by atoms with E-state index in [4.69, 9.17) is 9.98 Å². The van der Waals surface area contributed by atoms with Crippen LogP contribution in [0.4, 0.5) is 5.13 Å². The molecule has 0 spiro atoms. The van der Waals surface area contributed by atoms with Crippen molar-refractivity contribution >= 4 is 28.0 Å². The van der Waals surface area contributed by atoms with Gasteiger partial charge < -0.3 is 10.0 Å². The Labute approximate surface area is 174 Å². The summed E-state index contributed by atoms with van der Waals surface area (Å²) in [6, 6.07) is 10.3. The second-order valence-corrected chi connectivity index (χ2v) is 9.33. The summed E-state index contributed by atoms with van der Waals surface area (Å²) in [5, 5.41) is 14.1. The Morgan fingerprint density at radius 2 is 1.97 bits per heavy atom. The lowest BCUT2D eigenvalue weighted by atomic mass is 9.74. The molecule has 0 radical (unpaired) electrons. The van der Waals surface area contributed by atoms with Crippen molar-refractivity contribution in [2.24, 2.45) is 10.9 Å². The molecule has 2 aliphatic heterocycles. The lowest BCUT2D eigenvalue weighted by Gasteiger charge is -2.36. The summed E-state index contributed by atoms with van der Waals surface area (Å²) in [5.41, 5.74) is 4.19. The Morgan fingerprint density at radius 1 is 1.21 bits per heavy atom. The number of carbonyl (C=O) groups is 1. The average Bonchev–Trinajstić information content (AvgIpc) is 3.36. The first-order chi connectivity index (χ1) is 14.0. The van der Waals surface area contributed by atoms with Crippen LogP contribution in [-0.2, 0) is 4.79 Å². The number of piperidine rings is 1.